The van der Waals surface area contributed by atoms with E-state index in [0.29, 0.717) is 21.3 Å². The Morgan fingerprint density at radius 3 is 2.50 bits per heavy atom. The van der Waals surface area contributed by atoms with E-state index in [0.717, 1.165) is 11.1 Å². The molecule has 2 aromatic carbocycles. The number of rotatable bonds is 3. The maximum Gasteiger partial charge on any atom is 0.128 e. The molecule has 0 aliphatic heterocycles. The fourth-order valence-corrected chi connectivity index (χ4v) is 2.69. The summed E-state index contributed by atoms with van der Waals surface area (Å²) in [5, 5.41) is 10.5. The number of aryl methyl sites for hydroxylation is 1. The number of aliphatic hydroxyl groups excluding tert-OH is 1. The molecular weight excluding hydrogens is 323 g/mol. The topological polar surface area (TPSA) is 29.5 Å². The first-order valence-corrected chi connectivity index (χ1v) is 7.01. The van der Waals surface area contributed by atoms with Crippen LogP contribution < -0.4 is 4.74 Å². The Balaban J connectivity index is 2.53. The van der Waals surface area contributed by atoms with Crippen LogP contribution in [0.4, 0.5) is 4.39 Å². The second-order valence-electron chi connectivity index (χ2n) is 4.74. The summed E-state index contributed by atoms with van der Waals surface area (Å²) in [6.45, 7) is 3.92. The molecule has 2 rings (SSSR count). The molecule has 0 amide bonds. The highest BCUT2D eigenvalue weighted by molar-refractivity contribution is 9.10. The zero-order chi connectivity index (χ0) is 14.9. The number of hydrogen-bond acceptors (Lipinski definition) is 2. The molecule has 2 aromatic rings. The number of hydrogen-bond donors (Lipinski definition) is 1. The van der Waals surface area contributed by atoms with Crippen molar-refractivity contribution in [3.8, 4) is 5.75 Å². The van der Waals surface area contributed by atoms with Gasteiger partial charge in [-0.2, -0.15) is 0 Å². The molecular formula is C16H16BrFO2. The Morgan fingerprint density at radius 1 is 1.20 bits per heavy atom. The highest BCUT2D eigenvalue weighted by atomic mass is 79.9. The number of halogens is 2. The highest BCUT2D eigenvalue weighted by Gasteiger charge is 2.18. The lowest BCUT2D eigenvalue weighted by atomic mass is 9.96. The quantitative estimate of drug-likeness (QED) is 0.904. The molecule has 0 heterocycles. The molecule has 0 radical (unpaired) electrons. The van der Waals surface area contributed by atoms with Gasteiger partial charge in [-0.1, -0.05) is 28.1 Å². The molecule has 2 nitrogen and oxygen atoms in total. The Labute approximate surface area is 126 Å². The van der Waals surface area contributed by atoms with Crippen LogP contribution in [0.5, 0.6) is 5.75 Å². The lowest BCUT2D eigenvalue weighted by molar-refractivity contribution is 0.214. The zero-order valence-corrected chi connectivity index (χ0v) is 13.2. The summed E-state index contributed by atoms with van der Waals surface area (Å²) >= 11 is 3.23. The Hall–Kier alpha value is -1.39. The van der Waals surface area contributed by atoms with Crippen molar-refractivity contribution in [2.24, 2.45) is 0 Å². The van der Waals surface area contributed by atoms with Gasteiger partial charge in [-0.15, -0.1) is 0 Å². The van der Waals surface area contributed by atoms with Gasteiger partial charge in [0.05, 0.1) is 7.11 Å². The first-order chi connectivity index (χ1) is 9.43. The molecule has 0 fully saturated rings. The van der Waals surface area contributed by atoms with E-state index < -0.39 is 11.9 Å². The van der Waals surface area contributed by atoms with Crippen molar-refractivity contribution >= 4 is 15.9 Å². The zero-order valence-electron chi connectivity index (χ0n) is 11.6. The minimum atomic E-state index is -0.934. The van der Waals surface area contributed by atoms with Crippen molar-refractivity contribution in [1.82, 2.24) is 0 Å². The molecule has 1 unspecified atom stereocenters. The van der Waals surface area contributed by atoms with Gasteiger partial charge in [0.15, 0.2) is 0 Å². The van der Waals surface area contributed by atoms with Crippen molar-refractivity contribution in [2.75, 3.05) is 7.11 Å². The minimum absolute atomic E-state index is 0.392. The van der Waals surface area contributed by atoms with Crippen LogP contribution in [0.25, 0.3) is 0 Å². The average molecular weight is 339 g/mol. The molecule has 0 bridgehead atoms. The van der Waals surface area contributed by atoms with E-state index >= 15 is 0 Å². The summed E-state index contributed by atoms with van der Waals surface area (Å²) in [6.07, 6.45) is -0.934. The van der Waals surface area contributed by atoms with E-state index in [9.17, 15) is 9.50 Å². The van der Waals surface area contributed by atoms with Crippen LogP contribution in [0.3, 0.4) is 0 Å². The summed E-state index contributed by atoms with van der Waals surface area (Å²) in [7, 11) is 1.57. The standard InChI is InChI=1S/C16H16BrFO2/c1-9-4-5-14(16(20-3)10(9)2)15(19)11-6-12(17)8-13(18)7-11/h4-8,15,19H,1-3H3. The van der Waals surface area contributed by atoms with Crippen LogP contribution in [0, 0.1) is 19.7 Å². The van der Waals surface area contributed by atoms with Crippen molar-refractivity contribution in [1.29, 1.82) is 0 Å². The first kappa shape index (κ1) is 15.0. The lowest BCUT2D eigenvalue weighted by Crippen LogP contribution is -2.05. The van der Waals surface area contributed by atoms with Crippen molar-refractivity contribution < 1.29 is 14.2 Å². The molecule has 1 atom stereocenters. The first-order valence-electron chi connectivity index (χ1n) is 6.22. The van der Waals surface area contributed by atoms with Crippen molar-refractivity contribution in [3.05, 3.63) is 62.9 Å². The molecule has 1 N–H and O–H groups in total. The van der Waals surface area contributed by atoms with Crippen LogP contribution in [0.2, 0.25) is 0 Å². The monoisotopic (exact) mass is 338 g/mol. The van der Waals surface area contributed by atoms with Gasteiger partial charge in [0.1, 0.15) is 17.7 Å². The summed E-state index contributed by atoms with van der Waals surface area (Å²) in [4.78, 5) is 0. The molecule has 0 aliphatic rings. The van der Waals surface area contributed by atoms with Gasteiger partial charge in [-0.05, 0) is 48.7 Å². The molecule has 0 saturated carbocycles. The predicted molar refractivity (Wildman–Crippen MR) is 80.6 cm³/mol. The van der Waals surface area contributed by atoms with E-state index in [1.807, 2.05) is 26.0 Å². The second-order valence-corrected chi connectivity index (χ2v) is 5.65. The third-order valence-corrected chi connectivity index (χ3v) is 3.86. The Bertz CT molecular complexity index is 620. The van der Waals surface area contributed by atoms with Crippen molar-refractivity contribution in [3.63, 3.8) is 0 Å². The maximum atomic E-state index is 13.5. The number of ether oxygens (including phenoxy) is 1. The van der Waals surface area contributed by atoms with Gasteiger partial charge >= 0.3 is 0 Å². The average Bonchev–Trinajstić information content (AvgIpc) is 2.39. The summed E-state index contributed by atoms with van der Waals surface area (Å²) < 4.78 is 19.4. The number of aliphatic hydroxyl groups is 1. The predicted octanol–water partition coefficient (Wildman–Crippen LogP) is 4.30. The molecule has 20 heavy (non-hydrogen) atoms. The summed E-state index contributed by atoms with van der Waals surface area (Å²) in [5.41, 5.74) is 3.17. The molecule has 106 valence electrons. The number of benzene rings is 2. The van der Waals surface area contributed by atoms with E-state index in [1.54, 1.807) is 13.2 Å². The van der Waals surface area contributed by atoms with Crippen LogP contribution >= 0.6 is 15.9 Å². The van der Waals surface area contributed by atoms with E-state index in [1.165, 1.54) is 12.1 Å². The number of methoxy groups -OCH3 is 1. The Morgan fingerprint density at radius 2 is 1.90 bits per heavy atom. The van der Waals surface area contributed by atoms with Gasteiger partial charge < -0.3 is 9.84 Å². The minimum Gasteiger partial charge on any atom is -0.496 e. The fourth-order valence-electron chi connectivity index (χ4n) is 2.21. The van der Waals surface area contributed by atoms with E-state index in [-0.39, 0.29) is 0 Å². The highest BCUT2D eigenvalue weighted by Crippen LogP contribution is 2.35. The van der Waals surface area contributed by atoms with Crippen molar-refractivity contribution in [2.45, 2.75) is 20.0 Å². The third-order valence-electron chi connectivity index (χ3n) is 3.41. The second kappa shape index (κ2) is 5.94. The van der Waals surface area contributed by atoms with Gasteiger partial charge in [-0.25, -0.2) is 4.39 Å². The van der Waals surface area contributed by atoms with Gasteiger partial charge in [0.2, 0.25) is 0 Å². The molecule has 0 saturated heterocycles. The third kappa shape index (κ3) is 2.86. The van der Waals surface area contributed by atoms with Crippen LogP contribution in [-0.4, -0.2) is 12.2 Å². The Kier molecular flexibility index (Phi) is 4.45. The van der Waals surface area contributed by atoms with Gasteiger partial charge in [0, 0.05) is 10.0 Å². The van der Waals surface area contributed by atoms with Crippen LogP contribution in [0.1, 0.15) is 28.4 Å². The molecule has 0 aromatic heterocycles. The van der Waals surface area contributed by atoms with Crippen LogP contribution in [-0.2, 0) is 0 Å². The van der Waals surface area contributed by atoms with E-state index in [4.69, 9.17) is 4.74 Å². The molecule has 0 spiro atoms. The lowest BCUT2D eigenvalue weighted by Gasteiger charge is -2.18. The van der Waals surface area contributed by atoms with Crippen LogP contribution in [0.15, 0.2) is 34.8 Å². The largest absolute Gasteiger partial charge is 0.496 e. The normalized spacial score (nSPS) is 12.3. The smallest absolute Gasteiger partial charge is 0.128 e. The molecule has 4 heteroatoms. The molecule has 0 aliphatic carbocycles. The van der Waals surface area contributed by atoms with Gasteiger partial charge in [-0.3, -0.25) is 0 Å². The van der Waals surface area contributed by atoms with E-state index in [2.05, 4.69) is 15.9 Å². The summed E-state index contributed by atoms with van der Waals surface area (Å²) in [6, 6.07) is 8.11. The van der Waals surface area contributed by atoms with Gasteiger partial charge in [0.25, 0.3) is 0 Å². The summed E-state index contributed by atoms with van der Waals surface area (Å²) in [5.74, 6) is 0.245. The fraction of sp³-hybridized carbons (Fsp3) is 0.250. The maximum absolute atomic E-state index is 13.5. The SMILES string of the molecule is COc1c(C(O)c2cc(F)cc(Br)c2)ccc(C)c1C.